The number of nitrogens with one attached hydrogen (secondary N) is 1. The first kappa shape index (κ1) is 8.39. The second-order valence-corrected chi connectivity index (χ2v) is 4.38. The molecule has 13 heavy (non-hydrogen) atoms. The number of hydrogen-bond acceptors (Lipinski definition) is 4. The second-order valence-electron chi connectivity index (χ2n) is 3.33. The zero-order valence-corrected chi connectivity index (χ0v) is 8.03. The molecule has 3 nitrogen and oxygen atoms in total. The number of hydrogen-bond donors (Lipinski definition) is 2. The lowest BCUT2D eigenvalue weighted by atomic mass is 10.4. The van der Waals surface area contributed by atoms with Gasteiger partial charge in [0.15, 0.2) is 0 Å². The Morgan fingerprint density at radius 2 is 2.46 bits per heavy atom. The fourth-order valence-corrected chi connectivity index (χ4v) is 1.93. The Kier molecular flexibility index (Phi) is 2.11. The molecule has 4 heteroatoms. The molecule has 1 heterocycles. The molecule has 0 bridgehead atoms. The summed E-state index contributed by atoms with van der Waals surface area (Å²) >= 11 is 1.43. The molecule has 68 valence electrons. The second kappa shape index (κ2) is 3.27. The molecule has 1 aliphatic rings. The number of nitrogen functional groups attached to an aromatic ring is 1. The van der Waals surface area contributed by atoms with Crippen LogP contribution in [0, 0.1) is 17.2 Å². The monoisotopic (exact) mass is 193 g/mol. The smallest absolute Gasteiger partial charge is 0.129 e. The fraction of sp³-hybridized carbons (Fsp3) is 0.444. The molecule has 1 aromatic rings. The van der Waals surface area contributed by atoms with Crippen LogP contribution < -0.4 is 11.1 Å². The third kappa shape index (κ3) is 1.93. The molecular weight excluding hydrogens is 182 g/mol. The van der Waals surface area contributed by atoms with E-state index in [2.05, 4.69) is 11.4 Å². The van der Waals surface area contributed by atoms with E-state index in [0.29, 0.717) is 10.6 Å². The molecule has 0 amide bonds. The van der Waals surface area contributed by atoms with Crippen LogP contribution in [0.1, 0.15) is 17.7 Å². The largest absolute Gasteiger partial charge is 0.397 e. The summed E-state index contributed by atoms with van der Waals surface area (Å²) in [4.78, 5) is 0.610. The molecule has 0 radical (unpaired) electrons. The maximum Gasteiger partial charge on any atom is 0.129 e. The van der Waals surface area contributed by atoms with Crippen molar-refractivity contribution < 1.29 is 0 Å². The topological polar surface area (TPSA) is 61.8 Å². The lowest BCUT2D eigenvalue weighted by Gasteiger charge is -1.98. The van der Waals surface area contributed by atoms with Crippen molar-refractivity contribution in [2.24, 2.45) is 5.92 Å². The Hall–Kier alpha value is -1.21. The summed E-state index contributed by atoms with van der Waals surface area (Å²) in [6, 6.07) is 3.91. The van der Waals surface area contributed by atoms with Gasteiger partial charge >= 0.3 is 0 Å². The molecule has 0 unspecified atom stereocenters. The van der Waals surface area contributed by atoms with Gasteiger partial charge in [0.1, 0.15) is 10.9 Å². The van der Waals surface area contributed by atoms with Gasteiger partial charge in [0, 0.05) is 6.54 Å². The molecule has 1 saturated carbocycles. The van der Waals surface area contributed by atoms with E-state index in [9.17, 15) is 0 Å². The van der Waals surface area contributed by atoms with E-state index in [1.54, 1.807) is 0 Å². The first-order valence-electron chi connectivity index (χ1n) is 4.33. The third-order valence-electron chi connectivity index (χ3n) is 2.12. The van der Waals surface area contributed by atoms with Crippen molar-refractivity contribution in [2.75, 3.05) is 17.6 Å². The average Bonchev–Trinajstić information content (AvgIpc) is 2.87. The highest BCUT2D eigenvalue weighted by Gasteiger charge is 2.20. The normalized spacial score (nSPS) is 15.3. The van der Waals surface area contributed by atoms with Gasteiger partial charge in [-0.15, -0.1) is 11.3 Å². The van der Waals surface area contributed by atoms with Gasteiger partial charge in [-0.05, 0) is 24.8 Å². The van der Waals surface area contributed by atoms with Crippen molar-refractivity contribution in [2.45, 2.75) is 12.8 Å². The fourth-order valence-electron chi connectivity index (χ4n) is 1.15. The van der Waals surface area contributed by atoms with Gasteiger partial charge < -0.3 is 11.1 Å². The number of nitrogens with two attached hydrogens (primary N) is 1. The van der Waals surface area contributed by atoms with Crippen molar-refractivity contribution in [1.29, 1.82) is 5.26 Å². The number of nitrogens with zero attached hydrogens (tertiary/aromatic N) is 1. The Morgan fingerprint density at radius 3 is 3.00 bits per heavy atom. The number of rotatable bonds is 3. The summed E-state index contributed by atoms with van der Waals surface area (Å²) in [6.45, 7) is 1.02. The maximum absolute atomic E-state index is 8.67. The van der Waals surface area contributed by atoms with Crippen LogP contribution in [0.3, 0.4) is 0 Å². The Labute approximate surface area is 81.2 Å². The van der Waals surface area contributed by atoms with Crippen LogP contribution in [0.2, 0.25) is 0 Å². The van der Waals surface area contributed by atoms with E-state index in [1.807, 2.05) is 6.07 Å². The first-order valence-corrected chi connectivity index (χ1v) is 5.14. The molecular formula is C9H11N3S. The van der Waals surface area contributed by atoms with E-state index < -0.39 is 0 Å². The molecule has 0 aliphatic heterocycles. The van der Waals surface area contributed by atoms with Crippen LogP contribution in [0.5, 0.6) is 0 Å². The van der Waals surface area contributed by atoms with E-state index in [-0.39, 0.29) is 0 Å². The third-order valence-corrected chi connectivity index (χ3v) is 3.14. The summed E-state index contributed by atoms with van der Waals surface area (Å²) in [7, 11) is 0. The molecule has 3 N–H and O–H groups in total. The predicted octanol–water partition coefficient (Wildman–Crippen LogP) is 2.02. The van der Waals surface area contributed by atoms with Crippen molar-refractivity contribution >= 4 is 22.0 Å². The van der Waals surface area contributed by atoms with Gasteiger partial charge in [-0.1, -0.05) is 0 Å². The van der Waals surface area contributed by atoms with Crippen LogP contribution in [0.15, 0.2) is 6.07 Å². The number of thiophene rings is 1. The average molecular weight is 193 g/mol. The summed E-state index contributed by atoms with van der Waals surface area (Å²) in [5.41, 5.74) is 6.21. The molecule has 1 aromatic heterocycles. The standard InChI is InChI=1S/C9H11N3S/c10-4-8-7(11)3-9(13-8)12-5-6-1-2-6/h3,6,12H,1-2,5,11H2. The minimum atomic E-state index is 0.589. The lowest BCUT2D eigenvalue weighted by Crippen LogP contribution is -2.00. The van der Waals surface area contributed by atoms with Gasteiger partial charge in [-0.3, -0.25) is 0 Å². The van der Waals surface area contributed by atoms with Crippen LogP contribution in [-0.2, 0) is 0 Å². The van der Waals surface area contributed by atoms with Crippen LogP contribution in [0.25, 0.3) is 0 Å². The van der Waals surface area contributed by atoms with E-state index in [1.165, 1.54) is 24.2 Å². The maximum atomic E-state index is 8.67. The Balaban J connectivity index is 1.99. The van der Waals surface area contributed by atoms with Crippen molar-refractivity contribution in [1.82, 2.24) is 0 Å². The SMILES string of the molecule is N#Cc1sc(NCC2CC2)cc1N. The zero-order chi connectivity index (χ0) is 9.26. The van der Waals surface area contributed by atoms with Crippen LogP contribution in [-0.4, -0.2) is 6.54 Å². The minimum Gasteiger partial charge on any atom is -0.397 e. The zero-order valence-electron chi connectivity index (χ0n) is 7.21. The molecule has 1 fully saturated rings. The van der Waals surface area contributed by atoms with Gasteiger partial charge in [0.2, 0.25) is 0 Å². The summed E-state index contributed by atoms with van der Waals surface area (Å²) in [5, 5.41) is 13.0. The molecule has 0 spiro atoms. The van der Waals surface area contributed by atoms with E-state index in [0.717, 1.165) is 17.5 Å². The van der Waals surface area contributed by atoms with Gasteiger partial charge in [0.05, 0.1) is 10.7 Å². The number of nitriles is 1. The summed E-state index contributed by atoms with van der Waals surface area (Å²) < 4.78 is 0. The van der Waals surface area contributed by atoms with Crippen LogP contribution >= 0.6 is 11.3 Å². The van der Waals surface area contributed by atoms with Gasteiger partial charge in [0.25, 0.3) is 0 Å². The van der Waals surface area contributed by atoms with Crippen molar-refractivity contribution in [3.05, 3.63) is 10.9 Å². The Bertz CT molecular complexity index is 346. The summed E-state index contributed by atoms with van der Waals surface area (Å²) in [6.07, 6.45) is 2.66. The molecule has 0 atom stereocenters. The van der Waals surface area contributed by atoms with Gasteiger partial charge in [-0.2, -0.15) is 5.26 Å². The highest BCUT2D eigenvalue weighted by Crippen LogP contribution is 2.32. The summed E-state index contributed by atoms with van der Waals surface area (Å²) in [5.74, 6) is 0.842. The van der Waals surface area contributed by atoms with Crippen LogP contribution in [0.4, 0.5) is 10.7 Å². The Morgan fingerprint density at radius 1 is 1.69 bits per heavy atom. The molecule has 1 aliphatic carbocycles. The predicted molar refractivity (Wildman–Crippen MR) is 54.7 cm³/mol. The molecule has 0 saturated heterocycles. The van der Waals surface area contributed by atoms with Gasteiger partial charge in [-0.25, -0.2) is 0 Å². The lowest BCUT2D eigenvalue weighted by molar-refractivity contribution is 0.892. The highest BCUT2D eigenvalue weighted by atomic mass is 32.1. The van der Waals surface area contributed by atoms with E-state index >= 15 is 0 Å². The highest BCUT2D eigenvalue weighted by molar-refractivity contribution is 7.17. The van der Waals surface area contributed by atoms with E-state index in [4.69, 9.17) is 11.0 Å². The van der Waals surface area contributed by atoms with Crippen molar-refractivity contribution in [3.63, 3.8) is 0 Å². The van der Waals surface area contributed by atoms with Crippen molar-refractivity contribution in [3.8, 4) is 6.07 Å². The minimum absolute atomic E-state index is 0.589. The number of anilines is 2. The quantitative estimate of drug-likeness (QED) is 0.772. The first-order chi connectivity index (χ1) is 6.29. The molecule has 0 aromatic carbocycles. The molecule has 2 rings (SSSR count).